The summed E-state index contributed by atoms with van der Waals surface area (Å²) in [4.78, 5) is 11.8. The third kappa shape index (κ3) is 8.75. The highest BCUT2D eigenvalue weighted by Crippen LogP contribution is 2.15. The fourth-order valence-corrected chi connectivity index (χ4v) is 2.71. The molecule has 0 fully saturated rings. The predicted molar refractivity (Wildman–Crippen MR) is 99.0 cm³/mol. The second-order valence-corrected chi connectivity index (χ2v) is 6.34. The number of rotatable bonds is 11. The lowest BCUT2D eigenvalue weighted by molar-refractivity contribution is -0.121. The number of hydrogen-bond donors (Lipinski definition) is 1. The monoisotopic (exact) mass is 336 g/mol. The number of nitrogens with zero attached hydrogens (tertiary/aromatic N) is 1. The minimum Gasteiger partial charge on any atom is -0.273 e. The average Bonchev–Trinajstić information content (AvgIpc) is 2.55. The third-order valence-electron chi connectivity index (χ3n) is 3.87. The molecule has 0 bridgehead atoms. The summed E-state index contributed by atoms with van der Waals surface area (Å²) in [7, 11) is 0. The Balaban J connectivity index is 2.17. The van der Waals surface area contributed by atoms with E-state index in [0.29, 0.717) is 11.4 Å². The van der Waals surface area contributed by atoms with E-state index in [1.165, 1.54) is 38.5 Å². The molecule has 1 aromatic carbocycles. The molecule has 128 valence electrons. The first kappa shape index (κ1) is 19.7. The Kier molecular flexibility index (Phi) is 10.4. The van der Waals surface area contributed by atoms with Gasteiger partial charge in [0.25, 0.3) is 0 Å². The molecule has 0 saturated heterocycles. The van der Waals surface area contributed by atoms with E-state index in [9.17, 15) is 4.79 Å². The van der Waals surface area contributed by atoms with Crippen LogP contribution in [0.5, 0.6) is 0 Å². The molecule has 1 rings (SSSR count). The molecule has 1 N–H and O–H groups in total. The number of carbonyl (C=O) groups is 1. The van der Waals surface area contributed by atoms with Gasteiger partial charge in [-0.1, -0.05) is 81.7 Å². The molecule has 1 amide bonds. The van der Waals surface area contributed by atoms with Gasteiger partial charge in [-0.3, -0.25) is 4.79 Å². The number of carbonyl (C=O) groups excluding carboxylic acids is 1. The van der Waals surface area contributed by atoms with Gasteiger partial charge in [0.15, 0.2) is 0 Å². The minimum absolute atomic E-state index is 0.0256. The maximum absolute atomic E-state index is 11.8. The summed E-state index contributed by atoms with van der Waals surface area (Å²) in [6.45, 7) is 4.08. The molecule has 0 aliphatic carbocycles. The van der Waals surface area contributed by atoms with Gasteiger partial charge in [0, 0.05) is 17.0 Å². The van der Waals surface area contributed by atoms with Crippen LogP contribution in [-0.2, 0) is 4.79 Å². The van der Waals surface area contributed by atoms with Crippen LogP contribution in [0.2, 0.25) is 5.02 Å². The van der Waals surface area contributed by atoms with Crippen molar-refractivity contribution in [2.45, 2.75) is 71.6 Å². The smallest absolute Gasteiger partial charge is 0.240 e. The number of nitrogens with one attached hydrogen (secondary N) is 1. The van der Waals surface area contributed by atoms with Gasteiger partial charge in [0.05, 0.1) is 5.71 Å². The zero-order chi connectivity index (χ0) is 16.9. The number of hydrogen-bond acceptors (Lipinski definition) is 2. The van der Waals surface area contributed by atoms with Gasteiger partial charge in [0.2, 0.25) is 5.91 Å². The molecular formula is C19H29ClN2O. The van der Waals surface area contributed by atoms with Crippen molar-refractivity contribution in [3.8, 4) is 0 Å². The Labute approximate surface area is 145 Å². The molecule has 0 aliphatic heterocycles. The zero-order valence-electron chi connectivity index (χ0n) is 14.4. The topological polar surface area (TPSA) is 41.5 Å². The van der Waals surface area contributed by atoms with Crippen molar-refractivity contribution in [2.24, 2.45) is 5.10 Å². The molecule has 0 atom stereocenters. The van der Waals surface area contributed by atoms with E-state index in [0.717, 1.165) is 24.1 Å². The van der Waals surface area contributed by atoms with E-state index in [2.05, 4.69) is 17.5 Å². The quantitative estimate of drug-likeness (QED) is 0.314. The standard InChI is InChI=1S/C19H29ClN2O/c1-3-4-5-6-7-8-9-10-15-19(23)22-21-16(2)17-13-11-12-14-18(17)20/h11-14H,3-10,15H2,1-2H3,(H,22,23). The second kappa shape index (κ2) is 12.1. The lowest BCUT2D eigenvalue weighted by Gasteiger charge is -2.05. The summed E-state index contributed by atoms with van der Waals surface area (Å²) in [5, 5.41) is 4.78. The molecule has 0 aromatic heterocycles. The Bertz CT molecular complexity index is 500. The van der Waals surface area contributed by atoms with Crippen molar-refractivity contribution in [2.75, 3.05) is 0 Å². The molecule has 0 unspecified atom stereocenters. The summed E-state index contributed by atoms with van der Waals surface area (Å²) in [6, 6.07) is 7.49. The number of benzene rings is 1. The molecule has 23 heavy (non-hydrogen) atoms. The van der Waals surface area contributed by atoms with Crippen LogP contribution in [0.15, 0.2) is 29.4 Å². The number of halogens is 1. The highest BCUT2D eigenvalue weighted by Gasteiger charge is 2.04. The Morgan fingerprint density at radius 2 is 1.65 bits per heavy atom. The van der Waals surface area contributed by atoms with Crippen LogP contribution in [0.1, 0.15) is 77.2 Å². The molecule has 3 nitrogen and oxygen atoms in total. The fraction of sp³-hybridized carbons (Fsp3) is 0.579. The van der Waals surface area contributed by atoms with Crippen molar-refractivity contribution in [1.29, 1.82) is 0 Å². The van der Waals surface area contributed by atoms with E-state index < -0.39 is 0 Å². The first-order chi connectivity index (χ1) is 11.1. The first-order valence-corrected chi connectivity index (χ1v) is 9.11. The Morgan fingerprint density at radius 1 is 1.04 bits per heavy atom. The van der Waals surface area contributed by atoms with E-state index in [4.69, 9.17) is 11.6 Å². The van der Waals surface area contributed by atoms with Crippen molar-refractivity contribution >= 4 is 23.2 Å². The SMILES string of the molecule is CCCCCCCCCCC(=O)NN=C(C)c1ccccc1Cl. The van der Waals surface area contributed by atoms with Gasteiger partial charge in [-0.25, -0.2) is 5.43 Å². The van der Waals surface area contributed by atoms with E-state index in [-0.39, 0.29) is 5.91 Å². The summed E-state index contributed by atoms with van der Waals surface area (Å²) in [5.74, 6) is -0.0256. The van der Waals surface area contributed by atoms with Crippen LogP contribution < -0.4 is 5.43 Å². The lowest BCUT2D eigenvalue weighted by atomic mass is 10.1. The first-order valence-electron chi connectivity index (χ1n) is 8.73. The molecule has 0 saturated carbocycles. The van der Waals surface area contributed by atoms with Gasteiger partial charge in [-0.15, -0.1) is 0 Å². The minimum atomic E-state index is -0.0256. The second-order valence-electron chi connectivity index (χ2n) is 5.94. The Hall–Kier alpha value is -1.35. The summed E-state index contributed by atoms with van der Waals surface area (Å²) < 4.78 is 0. The van der Waals surface area contributed by atoms with Gasteiger partial charge < -0.3 is 0 Å². The molecule has 0 spiro atoms. The Morgan fingerprint density at radius 3 is 2.30 bits per heavy atom. The maximum atomic E-state index is 11.8. The predicted octanol–water partition coefficient (Wildman–Crippen LogP) is 5.71. The number of unbranched alkanes of at least 4 members (excludes halogenated alkanes) is 7. The average molecular weight is 337 g/mol. The molecule has 1 aromatic rings. The zero-order valence-corrected chi connectivity index (χ0v) is 15.2. The van der Waals surface area contributed by atoms with E-state index in [1.54, 1.807) is 0 Å². The van der Waals surface area contributed by atoms with Crippen molar-refractivity contribution in [3.05, 3.63) is 34.9 Å². The normalized spacial score (nSPS) is 11.5. The van der Waals surface area contributed by atoms with E-state index in [1.807, 2.05) is 31.2 Å². The van der Waals surface area contributed by atoms with Crippen LogP contribution in [0.4, 0.5) is 0 Å². The number of hydrazone groups is 1. The van der Waals surface area contributed by atoms with Crippen molar-refractivity contribution in [3.63, 3.8) is 0 Å². The third-order valence-corrected chi connectivity index (χ3v) is 4.20. The molecule has 0 heterocycles. The molecular weight excluding hydrogens is 308 g/mol. The highest BCUT2D eigenvalue weighted by atomic mass is 35.5. The number of amides is 1. The molecule has 0 aliphatic rings. The fourth-order valence-electron chi connectivity index (χ4n) is 2.44. The van der Waals surface area contributed by atoms with Crippen molar-refractivity contribution in [1.82, 2.24) is 5.43 Å². The molecule has 0 radical (unpaired) electrons. The van der Waals surface area contributed by atoms with Gasteiger partial charge in [0.1, 0.15) is 0 Å². The van der Waals surface area contributed by atoms with Crippen LogP contribution >= 0.6 is 11.6 Å². The lowest BCUT2D eigenvalue weighted by Crippen LogP contribution is -2.18. The summed E-state index contributed by atoms with van der Waals surface area (Å²) in [6.07, 6.45) is 10.4. The van der Waals surface area contributed by atoms with Crippen molar-refractivity contribution < 1.29 is 4.79 Å². The maximum Gasteiger partial charge on any atom is 0.240 e. The van der Waals surface area contributed by atoms with Crippen LogP contribution in [-0.4, -0.2) is 11.6 Å². The van der Waals surface area contributed by atoms with E-state index >= 15 is 0 Å². The highest BCUT2D eigenvalue weighted by molar-refractivity contribution is 6.34. The van der Waals surface area contributed by atoms with Gasteiger partial charge >= 0.3 is 0 Å². The van der Waals surface area contributed by atoms with Crippen LogP contribution in [0.25, 0.3) is 0 Å². The van der Waals surface area contributed by atoms with Gasteiger partial charge in [-0.05, 0) is 19.4 Å². The van der Waals surface area contributed by atoms with Crippen LogP contribution in [0, 0.1) is 0 Å². The summed E-state index contributed by atoms with van der Waals surface area (Å²) >= 11 is 6.10. The summed E-state index contributed by atoms with van der Waals surface area (Å²) in [5.41, 5.74) is 4.19. The molecule has 4 heteroatoms. The van der Waals surface area contributed by atoms with Crippen LogP contribution in [0.3, 0.4) is 0 Å². The largest absolute Gasteiger partial charge is 0.273 e. The van der Waals surface area contributed by atoms with Gasteiger partial charge in [-0.2, -0.15) is 5.10 Å².